The molecule has 4 heteroatoms. The van der Waals surface area contributed by atoms with Crippen molar-refractivity contribution in [3.05, 3.63) is 139 Å². The summed E-state index contributed by atoms with van der Waals surface area (Å²) in [5, 5.41) is 5.30. The smallest absolute Gasteiger partial charge is 0.250 e. The summed E-state index contributed by atoms with van der Waals surface area (Å²) < 4.78 is 6.81. The number of rotatable bonds is 9. The van der Waals surface area contributed by atoms with E-state index in [0.717, 1.165) is 42.0 Å². The van der Waals surface area contributed by atoms with Gasteiger partial charge in [0.2, 0.25) is 8.32 Å². The number of ketones is 1. The average Bonchev–Trinajstić information content (AvgIpc) is 3.58. The lowest BCUT2D eigenvalue weighted by Gasteiger charge is -2.54. The van der Waals surface area contributed by atoms with E-state index in [1.165, 1.54) is 21.3 Å². The van der Waals surface area contributed by atoms with Crippen LogP contribution in [0.5, 0.6) is 5.75 Å². The Morgan fingerprint density at radius 3 is 1.74 bits per heavy atom. The highest BCUT2D eigenvalue weighted by molar-refractivity contribution is 7.04. The van der Waals surface area contributed by atoms with Gasteiger partial charge in [0.05, 0.1) is 0 Å². The normalized spacial score (nSPS) is 22.3. The van der Waals surface area contributed by atoms with Gasteiger partial charge >= 0.3 is 0 Å². The molecule has 3 aliphatic rings. The highest BCUT2D eigenvalue weighted by Gasteiger charge is 2.72. The average molecular weight is 695 g/mol. The summed E-state index contributed by atoms with van der Waals surface area (Å²) in [7, 11) is -4.59. The van der Waals surface area contributed by atoms with Crippen LogP contribution in [0.25, 0.3) is 10.8 Å². The van der Waals surface area contributed by atoms with Crippen LogP contribution in [0.3, 0.4) is 0 Å². The third-order valence-electron chi connectivity index (χ3n) is 13.2. The summed E-state index contributed by atoms with van der Waals surface area (Å²) in [6.07, 6.45) is 2.96. The van der Waals surface area contributed by atoms with Crippen LogP contribution in [0.2, 0.25) is 29.2 Å². The van der Waals surface area contributed by atoms with Gasteiger partial charge in [0, 0.05) is 16.4 Å². The predicted octanol–water partition coefficient (Wildman–Crippen LogP) is 11.2. The minimum absolute atomic E-state index is 0.0196. The van der Waals surface area contributed by atoms with Crippen LogP contribution in [0.1, 0.15) is 76.7 Å². The molecular weight excluding hydrogens is 641 g/mol. The topological polar surface area (TPSA) is 26.3 Å². The van der Waals surface area contributed by atoms with E-state index in [2.05, 4.69) is 182 Å². The first kappa shape index (κ1) is 34.7. The molecule has 0 amide bonds. The van der Waals surface area contributed by atoms with Gasteiger partial charge in [-0.3, -0.25) is 4.79 Å². The molecule has 1 atom stereocenters. The Hall–Kier alpha value is -3.74. The van der Waals surface area contributed by atoms with Crippen LogP contribution in [-0.2, 0) is 5.41 Å². The number of fused-ring (bicyclic) bond motifs is 2. The lowest BCUT2D eigenvalue weighted by Crippen LogP contribution is -2.68. The molecule has 0 saturated heterocycles. The Kier molecular flexibility index (Phi) is 8.47. The van der Waals surface area contributed by atoms with E-state index in [1.807, 2.05) is 0 Å². The van der Waals surface area contributed by atoms with Crippen LogP contribution in [-0.4, -0.2) is 22.2 Å². The number of Topliss-reactive ketones (excluding diaryl/α,β-unsaturated/α-hetero) is 1. The highest BCUT2D eigenvalue weighted by atomic mass is 28.4. The van der Waals surface area contributed by atoms with E-state index in [9.17, 15) is 0 Å². The maximum Gasteiger partial charge on any atom is 0.250 e. The van der Waals surface area contributed by atoms with Gasteiger partial charge in [0.1, 0.15) is 13.8 Å². The molecule has 0 unspecified atom stereocenters. The van der Waals surface area contributed by atoms with Crippen molar-refractivity contribution >= 4 is 43.3 Å². The van der Waals surface area contributed by atoms with E-state index in [-0.39, 0.29) is 15.5 Å². The zero-order chi connectivity index (χ0) is 35.6. The second-order valence-electron chi connectivity index (χ2n) is 18.0. The molecule has 0 aliphatic heterocycles. The Labute approximate surface area is 302 Å². The number of carbonyl (C=O) groups excluding carboxylic acids is 1. The molecule has 0 spiro atoms. The van der Waals surface area contributed by atoms with Crippen molar-refractivity contribution in [2.75, 3.05) is 0 Å². The summed E-state index contributed by atoms with van der Waals surface area (Å²) in [5.74, 6) is 1.82. The molecule has 3 aliphatic carbocycles. The van der Waals surface area contributed by atoms with Gasteiger partial charge in [0.25, 0.3) is 0 Å². The SMILES string of the molecule is CC(C)(C)[Si](C)(C)Oc1ccc([C@@]2(C[Si](c3ccccc3)(c3ccccc3)C(C)(C)C)CC3CC2(C(=O)c2ccc4ccccc4c2)C3)cc1. The van der Waals surface area contributed by atoms with Crippen molar-refractivity contribution in [3.8, 4) is 5.75 Å². The summed E-state index contributed by atoms with van der Waals surface area (Å²) in [6.45, 7) is 18.9. The molecule has 5 aromatic carbocycles. The lowest BCUT2D eigenvalue weighted by atomic mass is 9.55. The number of carbonyl (C=O) groups is 1. The van der Waals surface area contributed by atoms with E-state index < -0.39 is 21.8 Å². The molecule has 3 fully saturated rings. The first-order valence-corrected chi connectivity index (χ1v) is 23.7. The Morgan fingerprint density at radius 2 is 1.20 bits per heavy atom. The number of benzene rings is 5. The van der Waals surface area contributed by atoms with Crippen LogP contribution in [0.4, 0.5) is 0 Å². The summed E-state index contributed by atoms with van der Waals surface area (Å²) in [6, 6.07) is 47.6. The largest absolute Gasteiger partial charge is 0.544 e. The van der Waals surface area contributed by atoms with E-state index in [4.69, 9.17) is 4.43 Å². The maximum atomic E-state index is 15.4. The van der Waals surface area contributed by atoms with Crippen LogP contribution < -0.4 is 14.8 Å². The minimum Gasteiger partial charge on any atom is -0.544 e. The Morgan fingerprint density at radius 1 is 0.660 bits per heavy atom. The third kappa shape index (κ3) is 5.45. The molecule has 2 bridgehead atoms. The molecule has 5 aromatic rings. The monoisotopic (exact) mass is 694 g/mol. The third-order valence-corrected chi connectivity index (χ3v) is 23.9. The fourth-order valence-corrected chi connectivity index (χ4v) is 16.7. The van der Waals surface area contributed by atoms with Gasteiger partial charge in [-0.15, -0.1) is 0 Å². The summed E-state index contributed by atoms with van der Waals surface area (Å²) in [4.78, 5) is 15.4. The second kappa shape index (κ2) is 12.2. The fraction of sp³-hybridized carbons (Fsp3) is 0.370. The van der Waals surface area contributed by atoms with Crippen LogP contribution >= 0.6 is 0 Å². The second-order valence-corrected chi connectivity index (χ2v) is 27.5. The van der Waals surface area contributed by atoms with Crippen molar-refractivity contribution < 1.29 is 9.22 Å². The summed E-state index contributed by atoms with van der Waals surface area (Å²) >= 11 is 0. The molecule has 3 saturated carbocycles. The quantitative estimate of drug-likeness (QED) is 0.113. The number of hydrogen-bond acceptors (Lipinski definition) is 2. The van der Waals surface area contributed by atoms with Gasteiger partial charge in [-0.1, -0.05) is 161 Å². The van der Waals surface area contributed by atoms with Crippen molar-refractivity contribution in [3.63, 3.8) is 0 Å². The molecule has 50 heavy (non-hydrogen) atoms. The first-order valence-electron chi connectivity index (χ1n) is 18.6. The molecule has 258 valence electrons. The molecule has 0 radical (unpaired) electrons. The van der Waals surface area contributed by atoms with Gasteiger partial charge in [0.15, 0.2) is 5.78 Å². The maximum absolute atomic E-state index is 15.4. The minimum atomic E-state index is -2.58. The fourth-order valence-electron chi connectivity index (χ4n) is 9.59. The molecule has 8 rings (SSSR count). The van der Waals surface area contributed by atoms with E-state index in [0.29, 0.717) is 11.7 Å². The Balaban J connectivity index is 1.44. The van der Waals surface area contributed by atoms with Crippen molar-refractivity contribution in [2.24, 2.45) is 11.3 Å². The number of hydrogen-bond donors (Lipinski definition) is 0. The van der Waals surface area contributed by atoms with Crippen molar-refractivity contribution in [1.82, 2.24) is 0 Å². The predicted molar refractivity (Wildman–Crippen MR) is 216 cm³/mol. The van der Waals surface area contributed by atoms with Gasteiger partial charge in [-0.2, -0.15) is 0 Å². The molecule has 0 heterocycles. The zero-order valence-electron chi connectivity index (χ0n) is 31.3. The van der Waals surface area contributed by atoms with Crippen molar-refractivity contribution in [2.45, 2.75) is 95.4 Å². The molecule has 0 aromatic heterocycles. The molecular formula is C46H54O2Si2. The highest BCUT2D eigenvalue weighted by Crippen LogP contribution is 2.73. The summed E-state index contributed by atoms with van der Waals surface area (Å²) in [5.41, 5.74) is 1.38. The van der Waals surface area contributed by atoms with Gasteiger partial charge in [-0.25, -0.2) is 0 Å². The van der Waals surface area contributed by atoms with E-state index >= 15 is 4.79 Å². The van der Waals surface area contributed by atoms with E-state index in [1.54, 1.807) is 0 Å². The first-order chi connectivity index (χ1) is 23.6. The Bertz CT molecular complexity index is 1960. The van der Waals surface area contributed by atoms with Crippen molar-refractivity contribution in [1.29, 1.82) is 0 Å². The van der Waals surface area contributed by atoms with Crippen LogP contribution in [0.15, 0.2) is 127 Å². The van der Waals surface area contributed by atoms with Gasteiger partial charge < -0.3 is 4.43 Å². The molecule has 0 N–H and O–H groups in total. The van der Waals surface area contributed by atoms with Gasteiger partial charge in [-0.05, 0) is 88.9 Å². The zero-order valence-corrected chi connectivity index (χ0v) is 33.3. The standard InChI is InChI=1S/C46H54O2Si2/c1-43(2,3)49(7,8)48-39-27-25-38(26-28-39)46(33-50(44(4,5)6,40-19-11-9-12-20-40)41-21-13-10-14-22-41)32-34-30-45(46,31-34)42(47)37-24-23-35-17-15-16-18-36(35)29-37/h9-29,34H,30-33H2,1-8H3/t34?,45?,46-/m0/s1. The van der Waals surface area contributed by atoms with Crippen LogP contribution in [0, 0.1) is 11.3 Å². The molecule has 2 nitrogen and oxygen atoms in total. The lowest BCUT2D eigenvalue weighted by molar-refractivity contribution is 0.0502.